The molecule has 0 aliphatic carbocycles. The number of carbonyl (C=O) groups is 1. The molecule has 0 radical (unpaired) electrons. The van der Waals surface area contributed by atoms with E-state index in [9.17, 15) is 9.90 Å². The van der Waals surface area contributed by atoms with Crippen molar-refractivity contribution in [3.8, 4) is 5.75 Å². The zero-order valence-electron chi connectivity index (χ0n) is 16.1. The maximum absolute atomic E-state index is 12.2. The van der Waals surface area contributed by atoms with Crippen molar-refractivity contribution in [2.24, 2.45) is 0 Å². The molecule has 148 valence electrons. The predicted octanol–water partition coefficient (Wildman–Crippen LogP) is 4.99. The van der Waals surface area contributed by atoms with Crippen molar-refractivity contribution in [1.29, 1.82) is 0 Å². The standard InChI is InChI=1S/C22H23IO5/c1-22(2,3)28-20(25)11-15-6-4-5-7-19(15)26-13-17-10-16-8-14(12-24)9-18(23)21(16)27-17/h4-10,24H,11-13H2,1-3H3. The van der Waals surface area contributed by atoms with Crippen LogP contribution in [-0.2, 0) is 29.2 Å². The summed E-state index contributed by atoms with van der Waals surface area (Å²) in [7, 11) is 0. The van der Waals surface area contributed by atoms with E-state index in [0.29, 0.717) is 11.5 Å². The molecule has 5 nitrogen and oxygen atoms in total. The minimum absolute atomic E-state index is 0.0129. The van der Waals surface area contributed by atoms with E-state index in [0.717, 1.165) is 25.7 Å². The van der Waals surface area contributed by atoms with Crippen LogP contribution in [0, 0.1) is 3.57 Å². The lowest BCUT2D eigenvalue weighted by Crippen LogP contribution is -2.25. The van der Waals surface area contributed by atoms with E-state index in [1.807, 2.05) is 63.2 Å². The lowest BCUT2D eigenvalue weighted by molar-refractivity contribution is -0.153. The van der Waals surface area contributed by atoms with Gasteiger partial charge in [0.25, 0.3) is 0 Å². The molecule has 0 aliphatic heterocycles. The zero-order chi connectivity index (χ0) is 20.3. The number of para-hydroxylation sites is 1. The lowest BCUT2D eigenvalue weighted by Gasteiger charge is -2.20. The van der Waals surface area contributed by atoms with Crippen LogP contribution in [0.25, 0.3) is 11.0 Å². The minimum Gasteiger partial charge on any atom is -0.485 e. The second kappa shape index (κ2) is 8.53. The molecular formula is C22H23IO5. The quantitative estimate of drug-likeness (QED) is 0.386. The summed E-state index contributed by atoms with van der Waals surface area (Å²) in [5.74, 6) is 1.01. The number of furan rings is 1. The molecule has 0 bridgehead atoms. The molecule has 0 unspecified atom stereocenters. The molecular weight excluding hydrogens is 471 g/mol. The molecule has 1 N–H and O–H groups in total. The minimum atomic E-state index is -0.522. The molecule has 3 rings (SSSR count). The van der Waals surface area contributed by atoms with Crippen molar-refractivity contribution in [2.45, 2.75) is 46.0 Å². The van der Waals surface area contributed by atoms with Crippen LogP contribution in [0.1, 0.15) is 37.7 Å². The van der Waals surface area contributed by atoms with E-state index in [2.05, 4.69) is 22.6 Å². The number of benzene rings is 2. The number of carbonyl (C=O) groups excluding carboxylic acids is 1. The maximum Gasteiger partial charge on any atom is 0.310 e. The summed E-state index contributed by atoms with van der Waals surface area (Å²) in [6, 6.07) is 13.1. The largest absolute Gasteiger partial charge is 0.485 e. The summed E-state index contributed by atoms with van der Waals surface area (Å²) in [5, 5.41) is 10.3. The van der Waals surface area contributed by atoms with E-state index >= 15 is 0 Å². The van der Waals surface area contributed by atoms with Crippen LogP contribution < -0.4 is 4.74 Å². The highest BCUT2D eigenvalue weighted by Gasteiger charge is 2.18. The molecule has 0 saturated carbocycles. The number of fused-ring (bicyclic) bond motifs is 1. The van der Waals surface area contributed by atoms with Gasteiger partial charge in [-0.15, -0.1) is 0 Å². The van der Waals surface area contributed by atoms with Gasteiger partial charge >= 0.3 is 5.97 Å². The predicted molar refractivity (Wildman–Crippen MR) is 115 cm³/mol. The van der Waals surface area contributed by atoms with Gasteiger partial charge < -0.3 is 19.0 Å². The third kappa shape index (κ3) is 5.26. The van der Waals surface area contributed by atoms with Gasteiger partial charge in [-0.05, 0) is 73.2 Å². The number of esters is 1. The van der Waals surface area contributed by atoms with Gasteiger partial charge in [0.1, 0.15) is 29.3 Å². The van der Waals surface area contributed by atoms with Gasteiger partial charge in [0.15, 0.2) is 0 Å². The normalized spacial score (nSPS) is 11.6. The summed E-state index contributed by atoms with van der Waals surface area (Å²) in [6.45, 7) is 5.76. The third-order valence-electron chi connectivity index (χ3n) is 3.96. The summed E-state index contributed by atoms with van der Waals surface area (Å²) >= 11 is 2.19. The van der Waals surface area contributed by atoms with Crippen LogP contribution in [-0.4, -0.2) is 16.7 Å². The number of hydrogen-bond donors (Lipinski definition) is 1. The van der Waals surface area contributed by atoms with Crippen LogP contribution in [0.4, 0.5) is 0 Å². The Morgan fingerprint density at radius 3 is 2.64 bits per heavy atom. The highest BCUT2D eigenvalue weighted by Crippen LogP contribution is 2.28. The molecule has 0 aliphatic rings. The van der Waals surface area contributed by atoms with E-state index in [1.54, 1.807) is 0 Å². The first-order valence-corrected chi connectivity index (χ1v) is 10.1. The molecule has 0 saturated heterocycles. The first kappa shape index (κ1) is 20.7. The van der Waals surface area contributed by atoms with E-state index < -0.39 is 5.60 Å². The molecule has 0 amide bonds. The Morgan fingerprint density at radius 1 is 1.18 bits per heavy atom. The van der Waals surface area contributed by atoms with Gasteiger partial charge in [0.05, 0.1) is 16.6 Å². The first-order chi connectivity index (χ1) is 13.2. The fraction of sp³-hybridized carbons (Fsp3) is 0.318. The number of halogens is 1. The van der Waals surface area contributed by atoms with Crippen molar-refractivity contribution < 1.29 is 23.8 Å². The average Bonchev–Trinajstić information content (AvgIpc) is 3.03. The zero-order valence-corrected chi connectivity index (χ0v) is 18.3. The first-order valence-electron chi connectivity index (χ1n) is 8.99. The molecule has 0 spiro atoms. The Bertz CT molecular complexity index is 984. The van der Waals surface area contributed by atoms with Crippen molar-refractivity contribution >= 4 is 39.5 Å². The van der Waals surface area contributed by atoms with E-state index in [-0.39, 0.29) is 25.6 Å². The number of aliphatic hydroxyl groups excluding tert-OH is 1. The lowest BCUT2D eigenvalue weighted by atomic mass is 10.1. The van der Waals surface area contributed by atoms with Crippen LogP contribution >= 0.6 is 22.6 Å². The molecule has 0 fully saturated rings. The van der Waals surface area contributed by atoms with Gasteiger partial charge in [-0.2, -0.15) is 0 Å². The molecule has 2 aromatic carbocycles. The fourth-order valence-electron chi connectivity index (χ4n) is 2.86. The van der Waals surface area contributed by atoms with Crippen molar-refractivity contribution in [2.75, 3.05) is 0 Å². The summed E-state index contributed by atoms with van der Waals surface area (Å²) in [5.41, 5.74) is 1.86. The molecule has 0 atom stereocenters. The molecule has 3 aromatic rings. The number of rotatable bonds is 6. The smallest absolute Gasteiger partial charge is 0.310 e. The van der Waals surface area contributed by atoms with Gasteiger partial charge in [-0.3, -0.25) is 4.79 Å². The molecule has 1 heterocycles. The molecule has 6 heteroatoms. The number of aliphatic hydroxyl groups is 1. The monoisotopic (exact) mass is 494 g/mol. The highest BCUT2D eigenvalue weighted by molar-refractivity contribution is 14.1. The van der Waals surface area contributed by atoms with Crippen molar-refractivity contribution in [3.63, 3.8) is 0 Å². The Balaban J connectivity index is 1.74. The Morgan fingerprint density at radius 2 is 1.93 bits per heavy atom. The van der Waals surface area contributed by atoms with E-state index in [1.165, 1.54) is 0 Å². The third-order valence-corrected chi connectivity index (χ3v) is 4.76. The van der Waals surface area contributed by atoms with Crippen LogP contribution in [0.2, 0.25) is 0 Å². The Kier molecular flexibility index (Phi) is 6.30. The maximum atomic E-state index is 12.2. The Hall–Kier alpha value is -2.06. The number of hydrogen-bond acceptors (Lipinski definition) is 5. The van der Waals surface area contributed by atoms with Gasteiger partial charge in [-0.25, -0.2) is 0 Å². The van der Waals surface area contributed by atoms with Crippen molar-refractivity contribution in [3.05, 3.63) is 62.9 Å². The van der Waals surface area contributed by atoms with Gasteiger partial charge in [0.2, 0.25) is 0 Å². The van der Waals surface area contributed by atoms with Crippen LogP contribution in [0.3, 0.4) is 0 Å². The van der Waals surface area contributed by atoms with Crippen LogP contribution in [0.5, 0.6) is 5.75 Å². The second-order valence-electron chi connectivity index (χ2n) is 7.53. The summed E-state index contributed by atoms with van der Waals surface area (Å²) in [6.07, 6.45) is 0.144. The Labute approximate surface area is 177 Å². The number of ether oxygens (including phenoxy) is 2. The van der Waals surface area contributed by atoms with Crippen molar-refractivity contribution in [1.82, 2.24) is 0 Å². The summed E-state index contributed by atoms with van der Waals surface area (Å²) < 4.78 is 18.2. The topological polar surface area (TPSA) is 68.9 Å². The van der Waals surface area contributed by atoms with Gasteiger partial charge in [0, 0.05) is 10.9 Å². The summed E-state index contributed by atoms with van der Waals surface area (Å²) in [4.78, 5) is 12.2. The van der Waals surface area contributed by atoms with Crippen LogP contribution in [0.15, 0.2) is 46.9 Å². The molecule has 1 aromatic heterocycles. The second-order valence-corrected chi connectivity index (χ2v) is 8.69. The molecule has 28 heavy (non-hydrogen) atoms. The average molecular weight is 494 g/mol. The van der Waals surface area contributed by atoms with E-state index in [4.69, 9.17) is 13.9 Å². The SMILES string of the molecule is CC(C)(C)OC(=O)Cc1ccccc1OCc1cc2cc(CO)cc(I)c2o1. The van der Waals surface area contributed by atoms with Gasteiger partial charge in [-0.1, -0.05) is 18.2 Å². The fourth-order valence-corrected chi connectivity index (χ4v) is 3.68. The highest BCUT2D eigenvalue weighted by atomic mass is 127.